The van der Waals surface area contributed by atoms with Gasteiger partial charge in [0.1, 0.15) is 4.60 Å². The summed E-state index contributed by atoms with van der Waals surface area (Å²) in [6.45, 7) is 4.54. The van der Waals surface area contributed by atoms with Gasteiger partial charge in [-0.2, -0.15) is 0 Å². The molecule has 2 aliphatic heterocycles. The Balaban J connectivity index is 2.03. The number of morpholine rings is 1. The zero-order chi connectivity index (χ0) is 11.8. The first-order chi connectivity index (χ1) is 8.24. The van der Waals surface area contributed by atoms with Crippen molar-refractivity contribution in [2.75, 3.05) is 38.3 Å². The molecule has 1 saturated heterocycles. The number of halogens is 1. The molecular formula is C12H16BrN3O. The standard InChI is InChI=1S/C12H16BrN3O/c1-15-6-9-8-17-5-4-16(9)11-2-3-12(13)14-10(11)7-15/h2-3,9H,4-8H2,1H3. The van der Waals surface area contributed by atoms with Crippen LogP contribution in [-0.4, -0.2) is 49.3 Å². The fourth-order valence-electron chi connectivity index (χ4n) is 2.65. The Labute approximate surface area is 110 Å². The number of nitrogens with zero attached hydrogens (tertiary/aromatic N) is 3. The van der Waals surface area contributed by atoms with Crippen molar-refractivity contribution in [2.24, 2.45) is 0 Å². The highest BCUT2D eigenvalue weighted by molar-refractivity contribution is 9.10. The number of hydrogen-bond acceptors (Lipinski definition) is 4. The van der Waals surface area contributed by atoms with Crippen LogP contribution in [0.1, 0.15) is 5.69 Å². The molecule has 0 spiro atoms. The highest BCUT2D eigenvalue weighted by Gasteiger charge is 2.29. The van der Waals surface area contributed by atoms with E-state index in [-0.39, 0.29) is 0 Å². The minimum atomic E-state index is 0.456. The number of fused-ring (bicyclic) bond motifs is 3. The molecule has 0 radical (unpaired) electrons. The van der Waals surface area contributed by atoms with E-state index in [0.717, 1.165) is 43.1 Å². The second-order valence-electron chi connectivity index (χ2n) is 4.72. The molecule has 5 heteroatoms. The van der Waals surface area contributed by atoms with E-state index < -0.39 is 0 Å². The summed E-state index contributed by atoms with van der Waals surface area (Å²) in [5.74, 6) is 0. The smallest absolute Gasteiger partial charge is 0.106 e. The molecule has 92 valence electrons. The molecule has 0 N–H and O–H groups in total. The van der Waals surface area contributed by atoms with Crippen molar-refractivity contribution < 1.29 is 4.74 Å². The maximum atomic E-state index is 5.58. The van der Waals surface area contributed by atoms with Gasteiger partial charge in [-0.15, -0.1) is 0 Å². The van der Waals surface area contributed by atoms with E-state index in [9.17, 15) is 0 Å². The van der Waals surface area contributed by atoms with E-state index in [1.807, 2.05) is 6.07 Å². The third-order valence-corrected chi connectivity index (χ3v) is 3.84. The maximum Gasteiger partial charge on any atom is 0.106 e. The Bertz CT molecular complexity index is 426. The van der Waals surface area contributed by atoms with Gasteiger partial charge in [0.15, 0.2) is 0 Å². The lowest BCUT2D eigenvalue weighted by atomic mass is 10.2. The quantitative estimate of drug-likeness (QED) is 0.679. The van der Waals surface area contributed by atoms with Crippen LogP contribution in [0.4, 0.5) is 5.69 Å². The molecule has 17 heavy (non-hydrogen) atoms. The second-order valence-corrected chi connectivity index (χ2v) is 5.53. The van der Waals surface area contributed by atoms with Crippen molar-refractivity contribution in [2.45, 2.75) is 12.6 Å². The highest BCUT2D eigenvalue weighted by atomic mass is 79.9. The topological polar surface area (TPSA) is 28.6 Å². The molecule has 3 heterocycles. The van der Waals surface area contributed by atoms with Gasteiger partial charge < -0.3 is 9.64 Å². The van der Waals surface area contributed by atoms with Crippen LogP contribution in [-0.2, 0) is 11.3 Å². The van der Waals surface area contributed by atoms with E-state index in [1.165, 1.54) is 5.69 Å². The summed E-state index contributed by atoms with van der Waals surface area (Å²) in [4.78, 5) is 9.37. The summed E-state index contributed by atoms with van der Waals surface area (Å²) >= 11 is 3.45. The molecule has 2 aliphatic rings. The molecule has 0 aromatic carbocycles. The van der Waals surface area contributed by atoms with Crippen molar-refractivity contribution in [1.29, 1.82) is 0 Å². The van der Waals surface area contributed by atoms with Crippen LogP contribution in [0.3, 0.4) is 0 Å². The first-order valence-corrected chi connectivity index (χ1v) is 6.71. The van der Waals surface area contributed by atoms with E-state index in [1.54, 1.807) is 0 Å². The van der Waals surface area contributed by atoms with E-state index in [2.05, 4.69) is 43.8 Å². The Kier molecular flexibility index (Phi) is 3.06. The van der Waals surface area contributed by atoms with Crippen molar-refractivity contribution in [3.8, 4) is 0 Å². The van der Waals surface area contributed by atoms with Gasteiger partial charge in [0.25, 0.3) is 0 Å². The Morgan fingerprint density at radius 3 is 3.24 bits per heavy atom. The molecule has 1 fully saturated rings. The number of hydrogen-bond donors (Lipinski definition) is 0. The largest absolute Gasteiger partial charge is 0.377 e. The highest BCUT2D eigenvalue weighted by Crippen LogP contribution is 2.28. The molecule has 0 aliphatic carbocycles. The lowest BCUT2D eigenvalue weighted by Crippen LogP contribution is -2.49. The van der Waals surface area contributed by atoms with Crippen LogP contribution in [0.2, 0.25) is 0 Å². The molecule has 4 nitrogen and oxygen atoms in total. The predicted molar refractivity (Wildman–Crippen MR) is 70.2 cm³/mol. The Hall–Kier alpha value is -0.650. The summed E-state index contributed by atoms with van der Waals surface area (Å²) in [6, 6.07) is 4.65. The number of rotatable bonds is 0. The van der Waals surface area contributed by atoms with Crippen LogP contribution >= 0.6 is 15.9 Å². The molecule has 1 aromatic rings. The lowest BCUT2D eigenvalue weighted by molar-refractivity contribution is 0.0844. The predicted octanol–water partition coefficient (Wildman–Crippen LogP) is 1.49. The minimum Gasteiger partial charge on any atom is -0.377 e. The zero-order valence-electron chi connectivity index (χ0n) is 9.90. The van der Waals surface area contributed by atoms with Gasteiger partial charge >= 0.3 is 0 Å². The summed E-state index contributed by atoms with van der Waals surface area (Å²) in [5, 5.41) is 0. The van der Waals surface area contributed by atoms with E-state index in [4.69, 9.17) is 4.74 Å². The Morgan fingerprint density at radius 2 is 2.35 bits per heavy atom. The lowest BCUT2D eigenvalue weighted by Gasteiger charge is -2.37. The zero-order valence-corrected chi connectivity index (χ0v) is 11.5. The minimum absolute atomic E-state index is 0.456. The first kappa shape index (κ1) is 11.4. The summed E-state index contributed by atoms with van der Waals surface area (Å²) in [6.07, 6.45) is 0. The van der Waals surface area contributed by atoms with E-state index in [0.29, 0.717) is 6.04 Å². The molecule has 1 unspecified atom stereocenters. The van der Waals surface area contributed by atoms with Gasteiger partial charge in [-0.3, -0.25) is 4.90 Å². The third-order valence-electron chi connectivity index (χ3n) is 3.40. The fourth-order valence-corrected chi connectivity index (χ4v) is 2.99. The molecule has 0 bridgehead atoms. The maximum absolute atomic E-state index is 5.58. The van der Waals surface area contributed by atoms with Gasteiger partial charge in [-0.1, -0.05) is 0 Å². The van der Waals surface area contributed by atoms with Gasteiger partial charge in [-0.25, -0.2) is 4.98 Å². The second kappa shape index (κ2) is 4.55. The van der Waals surface area contributed by atoms with Crippen molar-refractivity contribution in [1.82, 2.24) is 9.88 Å². The van der Waals surface area contributed by atoms with Gasteiger partial charge in [-0.05, 0) is 35.1 Å². The third kappa shape index (κ3) is 2.19. The van der Waals surface area contributed by atoms with Crippen LogP contribution in [0, 0.1) is 0 Å². The SMILES string of the molecule is CN1Cc2nc(Br)ccc2N2CCOCC2C1. The molecule has 3 rings (SSSR count). The number of likely N-dealkylation sites (N-methyl/N-ethyl adjacent to an activating group) is 1. The van der Waals surface area contributed by atoms with Crippen LogP contribution in [0.15, 0.2) is 16.7 Å². The van der Waals surface area contributed by atoms with Crippen LogP contribution in [0.5, 0.6) is 0 Å². The van der Waals surface area contributed by atoms with Crippen molar-refractivity contribution in [3.63, 3.8) is 0 Å². The Morgan fingerprint density at radius 1 is 1.47 bits per heavy atom. The summed E-state index contributed by atoms with van der Waals surface area (Å²) in [7, 11) is 2.14. The molecular weight excluding hydrogens is 282 g/mol. The van der Waals surface area contributed by atoms with Crippen molar-refractivity contribution >= 4 is 21.6 Å². The molecule has 1 aromatic heterocycles. The average molecular weight is 298 g/mol. The van der Waals surface area contributed by atoms with Gasteiger partial charge in [0.2, 0.25) is 0 Å². The van der Waals surface area contributed by atoms with Gasteiger partial charge in [0.05, 0.1) is 30.6 Å². The van der Waals surface area contributed by atoms with Crippen LogP contribution < -0.4 is 4.90 Å². The normalized spacial score (nSPS) is 25.1. The van der Waals surface area contributed by atoms with E-state index >= 15 is 0 Å². The van der Waals surface area contributed by atoms with Crippen molar-refractivity contribution in [3.05, 3.63) is 22.4 Å². The number of aromatic nitrogens is 1. The summed E-state index contributed by atoms with van der Waals surface area (Å²) in [5.41, 5.74) is 2.43. The fraction of sp³-hybridized carbons (Fsp3) is 0.583. The molecule has 1 atom stereocenters. The number of anilines is 1. The van der Waals surface area contributed by atoms with Gasteiger partial charge in [0, 0.05) is 19.6 Å². The average Bonchev–Trinajstić information content (AvgIpc) is 2.43. The van der Waals surface area contributed by atoms with Crippen LogP contribution in [0.25, 0.3) is 0 Å². The monoisotopic (exact) mass is 297 g/mol. The first-order valence-electron chi connectivity index (χ1n) is 5.92. The number of pyridine rings is 1. The molecule has 0 saturated carbocycles. The summed E-state index contributed by atoms with van der Waals surface area (Å²) < 4.78 is 6.50. The number of ether oxygens (including phenoxy) is 1. The molecule has 0 amide bonds.